The predicted molar refractivity (Wildman–Crippen MR) is 70.5 cm³/mol. The van der Waals surface area contributed by atoms with Gasteiger partial charge in [0.1, 0.15) is 0 Å². The minimum Gasteiger partial charge on any atom is -0.352 e. The molecule has 0 saturated heterocycles. The molecule has 2 nitrogen and oxygen atoms in total. The molecule has 0 unspecified atom stereocenters. The first-order valence-corrected chi connectivity index (χ1v) is 6.21. The average Bonchev–Trinajstić information content (AvgIpc) is 2.15. The summed E-state index contributed by atoms with van der Waals surface area (Å²) in [6.07, 6.45) is 0.979. The summed E-state index contributed by atoms with van der Waals surface area (Å²) in [5.74, 6) is -0.00875. The first-order chi connectivity index (χ1) is 7.38. The van der Waals surface area contributed by atoms with Crippen molar-refractivity contribution in [2.45, 2.75) is 27.2 Å². The van der Waals surface area contributed by atoms with E-state index in [0.717, 1.165) is 17.4 Å². The molecule has 1 rings (SSSR count). The highest BCUT2D eigenvalue weighted by Gasteiger charge is 2.11. The van der Waals surface area contributed by atoms with Crippen LogP contribution < -0.4 is 5.32 Å². The van der Waals surface area contributed by atoms with Crippen LogP contribution in [-0.2, 0) is 0 Å². The minimum absolute atomic E-state index is 0.00875. The summed E-state index contributed by atoms with van der Waals surface area (Å²) < 4.78 is 0.927. The second-order valence-electron chi connectivity index (χ2n) is 5.08. The minimum atomic E-state index is -0.00875. The van der Waals surface area contributed by atoms with E-state index in [9.17, 15) is 4.79 Å². The number of rotatable bonds is 3. The molecule has 88 valence electrons. The highest BCUT2D eigenvalue weighted by Crippen LogP contribution is 2.17. The van der Waals surface area contributed by atoms with Crippen molar-refractivity contribution in [1.82, 2.24) is 5.32 Å². The van der Waals surface area contributed by atoms with Gasteiger partial charge in [0.2, 0.25) is 0 Å². The van der Waals surface area contributed by atoms with Gasteiger partial charge in [-0.3, -0.25) is 4.79 Å². The number of benzene rings is 1. The molecule has 1 aromatic rings. The van der Waals surface area contributed by atoms with Crippen molar-refractivity contribution in [2.24, 2.45) is 5.41 Å². The molecule has 0 aromatic heterocycles. The maximum atomic E-state index is 11.8. The maximum Gasteiger partial charge on any atom is 0.251 e. The largest absolute Gasteiger partial charge is 0.352 e. The van der Waals surface area contributed by atoms with Gasteiger partial charge in [-0.2, -0.15) is 0 Å². The third-order valence-electron chi connectivity index (χ3n) is 2.25. The lowest BCUT2D eigenvalue weighted by Gasteiger charge is -2.18. The van der Waals surface area contributed by atoms with Crippen molar-refractivity contribution in [3.05, 3.63) is 34.3 Å². The van der Waals surface area contributed by atoms with Crippen LogP contribution in [0, 0.1) is 5.41 Å². The molecular formula is C13H18BrNO. The highest BCUT2D eigenvalue weighted by molar-refractivity contribution is 9.10. The van der Waals surface area contributed by atoms with Crippen molar-refractivity contribution in [3.8, 4) is 0 Å². The first kappa shape index (κ1) is 13.2. The molecule has 3 heteroatoms. The van der Waals surface area contributed by atoms with E-state index in [1.165, 1.54) is 0 Å². The molecule has 16 heavy (non-hydrogen) atoms. The second kappa shape index (κ2) is 5.48. The van der Waals surface area contributed by atoms with E-state index >= 15 is 0 Å². The lowest BCUT2D eigenvalue weighted by Crippen LogP contribution is -2.27. The van der Waals surface area contributed by atoms with Crippen molar-refractivity contribution in [2.75, 3.05) is 6.54 Å². The average molecular weight is 284 g/mol. The number of amides is 1. The molecule has 1 aromatic carbocycles. The number of halogens is 1. The molecule has 0 aliphatic heterocycles. The Morgan fingerprint density at radius 3 is 2.62 bits per heavy atom. The Balaban J connectivity index is 2.47. The third-order valence-corrected chi connectivity index (χ3v) is 2.74. The van der Waals surface area contributed by atoms with Crippen molar-refractivity contribution in [1.29, 1.82) is 0 Å². The smallest absolute Gasteiger partial charge is 0.251 e. The number of hydrogen-bond donors (Lipinski definition) is 1. The summed E-state index contributed by atoms with van der Waals surface area (Å²) in [6, 6.07) is 7.41. The van der Waals surface area contributed by atoms with E-state index in [1.54, 1.807) is 0 Å². The molecule has 1 N–H and O–H groups in total. The molecule has 0 bridgehead atoms. The van der Waals surface area contributed by atoms with E-state index in [-0.39, 0.29) is 11.3 Å². The van der Waals surface area contributed by atoms with E-state index in [1.807, 2.05) is 24.3 Å². The van der Waals surface area contributed by atoms with Crippen LogP contribution in [0.3, 0.4) is 0 Å². The zero-order chi connectivity index (χ0) is 12.2. The van der Waals surface area contributed by atoms with Gasteiger partial charge in [-0.25, -0.2) is 0 Å². The fraction of sp³-hybridized carbons (Fsp3) is 0.462. The molecule has 0 atom stereocenters. The standard InChI is InChI=1S/C13H18BrNO/c1-13(2,3)7-8-15-12(16)10-5-4-6-11(14)9-10/h4-6,9H,7-8H2,1-3H3,(H,15,16). The van der Waals surface area contributed by atoms with Gasteiger partial charge in [0.05, 0.1) is 0 Å². The Morgan fingerprint density at radius 1 is 1.38 bits per heavy atom. The monoisotopic (exact) mass is 283 g/mol. The fourth-order valence-corrected chi connectivity index (χ4v) is 1.68. The Bertz CT molecular complexity index is 368. The lowest BCUT2D eigenvalue weighted by atomic mass is 9.92. The summed E-state index contributed by atoms with van der Waals surface area (Å²) in [5, 5.41) is 2.92. The quantitative estimate of drug-likeness (QED) is 0.902. The lowest BCUT2D eigenvalue weighted by molar-refractivity contribution is 0.0949. The highest BCUT2D eigenvalue weighted by atomic mass is 79.9. The zero-order valence-electron chi connectivity index (χ0n) is 10.0. The zero-order valence-corrected chi connectivity index (χ0v) is 11.6. The SMILES string of the molecule is CC(C)(C)CCNC(=O)c1cccc(Br)c1. The summed E-state index contributed by atoms with van der Waals surface area (Å²) in [4.78, 5) is 11.8. The normalized spacial score (nSPS) is 11.2. The van der Waals surface area contributed by atoms with Gasteiger partial charge in [0.15, 0.2) is 0 Å². The molecule has 0 spiro atoms. The number of carbonyl (C=O) groups excluding carboxylic acids is 1. The third kappa shape index (κ3) is 4.79. The van der Waals surface area contributed by atoms with Gasteiger partial charge in [0, 0.05) is 16.6 Å². The maximum absolute atomic E-state index is 11.8. The van der Waals surface area contributed by atoms with Crippen molar-refractivity contribution >= 4 is 21.8 Å². The predicted octanol–water partition coefficient (Wildman–Crippen LogP) is 3.62. The van der Waals surface area contributed by atoms with Crippen LogP contribution in [0.4, 0.5) is 0 Å². The van der Waals surface area contributed by atoms with Gasteiger partial charge in [-0.05, 0) is 30.0 Å². The Hall–Kier alpha value is -0.830. The summed E-state index contributed by atoms with van der Waals surface area (Å²) in [7, 11) is 0. The van der Waals surface area contributed by atoms with Gasteiger partial charge < -0.3 is 5.32 Å². The van der Waals surface area contributed by atoms with E-state index in [0.29, 0.717) is 5.56 Å². The molecular weight excluding hydrogens is 266 g/mol. The Labute approximate surface area is 106 Å². The van der Waals surface area contributed by atoms with Crippen LogP contribution in [0.15, 0.2) is 28.7 Å². The van der Waals surface area contributed by atoms with Crippen molar-refractivity contribution in [3.63, 3.8) is 0 Å². The molecule has 0 radical (unpaired) electrons. The molecule has 0 saturated carbocycles. The van der Waals surface area contributed by atoms with Crippen LogP contribution in [0.1, 0.15) is 37.6 Å². The van der Waals surface area contributed by atoms with E-state index in [4.69, 9.17) is 0 Å². The molecule has 0 fully saturated rings. The van der Waals surface area contributed by atoms with Gasteiger partial charge in [-0.15, -0.1) is 0 Å². The Morgan fingerprint density at radius 2 is 2.06 bits per heavy atom. The van der Waals surface area contributed by atoms with Gasteiger partial charge in [0.25, 0.3) is 5.91 Å². The molecule has 0 aliphatic carbocycles. The van der Waals surface area contributed by atoms with Crippen LogP contribution in [-0.4, -0.2) is 12.5 Å². The van der Waals surface area contributed by atoms with Crippen LogP contribution >= 0.6 is 15.9 Å². The number of carbonyl (C=O) groups is 1. The molecule has 0 heterocycles. The Kier molecular flexibility index (Phi) is 4.54. The summed E-state index contributed by atoms with van der Waals surface area (Å²) >= 11 is 3.35. The second-order valence-corrected chi connectivity index (χ2v) is 5.99. The van der Waals surface area contributed by atoms with Crippen LogP contribution in [0.5, 0.6) is 0 Å². The van der Waals surface area contributed by atoms with Crippen LogP contribution in [0.25, 0.3) is 0 Å². The van der Waals surface area contributed by atoms with Gasteiger partial charge in [-0.1, -0.05) is 42.8 Å². The van der Waals surface area contributed by atoms with E-state index in [2.05, 4.69) is 42.0 Å². The number of hydrogen-bond acceptors (Lipinski definition) is 1. The summed E-state index contributed by atoms with van der Waals surface area (Å²) in [6.45, 7) is 7.21. The number of nitrogens with one attached hydrogen (secondary N) is 1. The summed E-state index contributed by atoms with van der Waals surface area (Å²) in [5.41, 5.74) is 0.952. The van der Waals surface area contributed by atoms with Crippen LogP contribution in [0.2, 0.25) is 0 Å². The topological polar surface area (TPSA) is 29.1 Å². The van der Waals surface area contributed by atoms with E-state index < -0.39 is 0 Å². The molecule has 0 aliphatic rings. The fourth-order valence-electron chi connectivity index (χ4n) is 1.28. The first-order valence-electron chi connectivity index (χ1n) is 5.42. The molecule has 1 amide bonds. The van der Waals surface area contributed by atoms with Crippen molar-refractivity contribution < 1.29 is 4.79 Å². The van der Waals surface area contributed by atoms with Gasteiger partial charge >= 0.3 is 0 Å².